The Hall–Kier alpha value is -1.82. The minimum absolute atomic E-state index is 0.152. The first-order valence-electron chi connectivity index (χ1n) is 6.20. The van der Waals surface area contributed by atoms with Crippen molar-refractivity contribution in [2.24, 2.45) is 0 Å². The third-order valence-electron chi connectivity index (χ3n) is 2.70. The van der Waals surface area contributed by atoms with Gasteiger partial charge >= 0.3 is 0 Å². The van der Waals surface area contributed by atoms with Gasteiger partial charge in [0, 0.05) is 21.3 Å². The molecule has 0 atom stereocenters. The summed E-state index contributed by atoms with van der Waals surface area (Å²) in [5, 5.41) is 6.52. The minimum Gasteiger partial charge on any atom is -0.497 e. The van der Waals surface area contributed by atoms with Gasteiger partial charge in [0.25, 0.3) is 5.91 Å². The lowest BCUT2D eigenvalue weighted by Crippen LogP contribution is -2.34. The third kappa shape index (κ3) is 4.59. The van der Waals surface area contributed by atoms with Crippen molar-refractivity contribution in [1.82, 2.24) is 5.32 Å². The SMILES string of the molecule is COc1ccc(C(=O)NC(=S)Nc2cc(Cl)cc(Cl)c2)cc1. The van der Waals surface area contributed by atoms with E-state index in [1.54, 1.807) is 49.6 Å². The zero-order chi connectivity index (χ0) is 16.1. The van der Waals surface area contributed by atoms with Crippen molar-refractivity contribution in [3.63, 3.8) is 0 Å². The number of anilines is 1. The zero-order valence-corrected chi connectivity index (χ0v) is 13.9. The zero-order valence-electron chi connectivity index (χ0n) is 11.5. The lowest BCUT2D eigenvalue weighted by Gasteiger charge is -2.10. The molecule has 0 heterocycles. The van der Waals surface area contributed by atoms with E-state index in [0.29, 0.717) is 27.0 Å². The Morgan fingerprint density at radius 2 is 1.68 bits per heavy atom. The highest BCUT2D eigenvalue weighted by atomic mass is 35.5. The van der Waals surface area contributed by atoms with E-state index in [2.05, 4.69) is 10.6 Å². The van der Waals surface area contributed by atoms with E-state index < -0.39 is 0 Å². The van der Waals surface area contributed by atoms with Crippen LogP contribution in [0.3, 0.4) is 0 Å². The number of amides is 1. The molecular formula is C15H12Cl2N2O2S. The molecule has 0 saturated heterocycles. The highest BCUT2D eigenvalue weighted by molar-refractivity contribution is 7.80. The van der Waals surface area contributed by atoms with Gasteiger partial charge in [-0.05, 0) is 54.7 Å². The van der Waals surface area contributed by atoms with Crippen molar-refractivity contribution in [2.45, 2.75) is 0 Å². The Kier molecular flexibility index (Phi) is 5.60. The largest absolute Gasteiger partial charge is 0.497 e. The van der Waals surface area contributed by atoms with E-state index in [9.17, 15) is 4.79 Å². The maximum atomic E-state index is 12.0. The topological polar surface area (TPSA) is 50.4 Å². The Morgan fingerprint density at radius 3 is 2.23 bits per heavy atom. The Bertz CT molecular complexity index is 685. The first-order valence-corrected chi connectivity index (χ1v) is 7.37. The second kappa shape index (κ2) is 7.45. The summed E-state index contributed by atoms with van der Waals surface area (Å²) in [5.74, 6) is 0.346. The second-order valence-electron chi connectivity index (χ2n) is 4.29. The molecule has 0 radical (unpaired) electrons. The van der Waals surface area contributed by atoms with E-state index in [4.69, 9.17) is 40.2 Å². The first-order chi connectivity index (χ1) is 10.5. The van der Waals surface area contributed by atoms with Gasteiger partial charge in [-0.15, -0.1) is 0 Å². The van der Waals surface area contributed by atoms with Gasteiger partial charge < -0.3 is 10.1 Å². The van der Waals surface area contributed by atoms with E-state index in [0.717, 1.165) is 0 Å². The highest BCUT2D eigenvalue weighted by Gasteiger charge is 2.08. The predicted molar refractivity (Wildman–Crippen MR) is 93.1 cm³/mol. The average molecular weight is 355 g/mol. The van der Waals surface area contributed by atoms with Gasteiger partial charge in [-0.25, -0.2) is 0 Å². The van der Waals surface area contributed by atoms with Crippen molar-refractivity contribution in [3.8, 4) is 5.75 Å². The Labute approximate surface area is 143 Å². The van der Waals surface area contributed by atoms with Crippen LogP contribution in [0.1, 0.15) is 10.4 Å². The van der Waals surface area contributed by atoms with Crippen molar-refractivity contribution in [3.05, 3.63) is 58.1 Å². The fourth-order valence-corrected chi connectivity index (χ4v) is 2.44. The van der Waals surface area contributed by atoms with Gasteiger partial charge in [0.1, 0.15) is 5.75 Å². The molecule has 0 saturated carbocycles. The molecule has 0 fully saturated rings. The summed E-state index contributed by atoms with van der Waals surface area (Å²) >= 11 is 16.9. The summed E-state index contributed by atoms with van der Waals surface area (Å²) in [6, 6.07) is 11.6. The fraction of sp³-hybridized carbons (Fsp3) is 0.0667. The van der Waals surface area contributed by atoms with Crippen molar-refractivity contribution in [2.75, 3.05) is 12.4 Å². The molecule has 0 aliphatic carbocycles. The van der Waals surface area contributed by atoms with Gasteiger partial charge in [0.15, 0.2) is 5.11 Å². The number of hydrogen-bond donors (Lipinski definition) is 2. The van der Waals surface area contributed by atoms with Gasteiger partial charge in [-0.2, -0.15) is 0 Å². The molecule has 2 N–H and O–H groups in total. The molecule has 2 aromatic rings. The van der Waals surface area contributed by atoms with Crippen LogP contribution in [-0.2, 0) is 0 Å². The number of thiocarbonyl (C=S) groups is 1. The summed E-state index contributed by atoms with van der Waals surface area (Å²) in [6.07, 6.45) is 0. The molecule has 0 bridgehead atoms. The summed E-state index contributed by atoms with van der Waals surface area (Å²) in [6.45, 7) is 0. The number of methoxy groups -OCH3 is 1. The molecule has 2 rings (SSSR count). The maximum absolute atomic E-state index is 12.0. The molecule has 0 unspecified atom stereocenters. The van der Waals surface area contributed by atoms with Gasteiger partial charge in [-0.3, -0.25) is 10.1 Å². The number of rotatable bonds is 3. The molecule has 0 aliphatic heterocycles. The molecule has 22 heavy (non-hydrogen) atoms. The summed E-state index contributed by atoms with van der Waals surface area (Å²) in [7, 11) is 1.56. The van der Waals surface area contributed by atoms with Gasteiger partial charge in [0.05, 0.1) is 7.11 Å². The maximum Gasteiger partial charge on any atom is 0.257 e. The lowest BCUT2D eigenvalue weighted by atomic mass is 10.2. The summed E-state index contributed by atoms with van der Waals surface area (Å²) in [5.41, 5.74) is 1.06. The Morgan fingerprint density at radius 1 is 1.09 bits per heavy atom. The van der Waals surface area contributed by atoms with Gasteiger partial charge in [0.2, 0.25) is 0 Å². The number of carbonyl (C=O) groups is 1. The summed E-state index contributed by atoms with van der Waals surface area (Å²) in [4.78, 5) is 12.0. The number of hydrogen-bond acceptors (Lipinski definition) is 3. The normalized spacial score (nSPS) is 9.95. The number of carbonyl (C=O) groups excluding carboxylic acids is 1. The van der Waals surface area contributed by atoms with Crippen LogP contribution in [0.5, 0.6) is 5.75 Å². The standard InChI is InChI=1S/C15H12Cl2N2O2S/c1-21-13-4-2-9(3-5-13)14(20)19-15(22)18-12-7-10(16)6-11(17)8-12/h2-8H,1H3,(H2,18,19,20,22). The van der Waals surface area contributed by atoms with Crippen LogP contribution in [0, 0.1) is 0 Å². The average Bonchev–Trinajstić information content (AvgIpc) is 2.46. The number of benzene rings is 2. The van der Waals surface area contributed by atoms with E-state index in [1.165, 1.54) is 0 Å². The summed E-state index contributed by atoms with van der Waals surface area (Å²) < 4.78 is 5.04. The number of ether oxygens (including phenoxy) is 1. The van der Waals surface area contributed by atoms with Crippen LogP contribution in [-0.4, -0.2) is 18.1 Å². The van der Waals surface area contributed by atoms with Crippen LogP contribution in [0.15, 0.2) is 42.5 Å². The van der Waals surface area contributed by atoms with E-state index in [-0.39, 0.29) is 11.0 Å². The van der Waals surface area contributed by atoms with Crippen molar-refractivity contribution >= 4 is 52.1 Å². The monoisotopic (exact) mass is 354 g/mol. The molecule has 1 amide bonds. The van der Waals surface area contributed by atoms with Gasteiger partial charge in [-0.1, -0.05) is 23.2 Å². The highest BCUT2D eigenvalue weighted by Crippen LogP contribution is 2.22. The molecule has 114 valence electrons. The molecular weight excluding hydrogens is 343 g/mol. The van der Waals surface area contributed by atoms with Crippen LogP contribution in [0.4, 0.5) is 5.69 Å². The molecule has 0 spiro atoms. The molecule has 0 aromatic heterocycles. The Balaban J connectivity index is 2.00. The van der Waals surface area contributed by atoms with E-state index >= 15 is 0 Å². The minimum atomic E-state index is -0.326. The fourth-order valence-electron chi connectivity index (χ4n) is 1.71. The lowest BCUT2D eigenvalue weighted by molar-refractivity contribution is 0.0977. The molecule has 4 nitrogen and oxygen atoms in total. The predicted octanol–water partition coefficient (Wildman–Crippen LogP) is 4.13. The van der Waals surface area contributed by atoms with E-state index in [1.807, 2.05) is 0 Å². The van der Waals surface area contributed by atoms with Crippen LogP contribution in [0.2, 0.25) is 10.0 Å². The van der Waals surface area contributed by atoms with Crippen LogP contribution in [0.25, 0.3) is 0 Å². The molecule has 2 aromatic carbocycles. The molecule has 7 heteroatoms. The number of nitrogens with one attached hydrogen (secondary N) is 2. The third-order valence-corrected chi connectivity index (χ3v) is 3.34. The number of halogens is 2. The van der Waals surface area contributed by atoms with Crippen molar-refractivity contribution < 1.29 is 9.53 Å². The molecule has 0 aliphatic rings. The van der Waals surface area contributed by atoms with Crippen molar-refractivity contribution in [1.29, 1.82) is 0 Å². The quantitative estimate of drug-likeness (QED) is 0.813. The van der Waals surface area contributed by atoms with Crippen LogP contribution >= 0.6 is 35.4 Å². The van der Waals surface area contributed by atoms with Crippen LogP contribution < -0.4 is 15.4 Å². The first kappa shape index (κ1) is 16.5. The smallest absolute Gasteiger partial charge is 0.257 e. The second-order valence-corrected chi connectivity index (χ2v) is 5.58.